The van der Waals surface area contributed by atoms with Gasteiger partial charge < -0.3 is 19.9 Å². The normalized spacial score (nSPS) is 18.1. The van der Waals surface area contributed by atoms with E-state index in [-0.39, 0.29) is 23.9 Å². The number of urea groups is 1. The van der Waals surface area contributed by atoms with Crippen LogP contribution in [0.25, 0.3) is 0 Å². The molecular weight excluding hydrogens is 306 g/mol. The Bertz CT molecular complexity index is 601. The third-order valence-corrected chi connectivity index (χ3v) is 4.93. The fourth-order valence-corrected chi connectivity index (χ4v) is 3.41. The average Bonchev–Trinajstić information content (AvgIpc) is 2.99. The molecule has 6 nitrogen and oxygen atoms in total. The number of methoxy groups -OCH3 is 1. The number of hydrogen-bond donors (Lipinski definition) is 1. The fourth-order valence-electron chi connectivity index (χ4n) is 3.41. The molecule has 1 aromatic carbocycles. The summed E-state index contributed by atoms with van der Waals surface area (Å²) in [5, 5.41) is 2.75. The number of amides is 3. The lowest BCUT2D eigenvalue weighted by Crippen LogP contribution is -2.60. The Morgan fingerprint density at radius 1 is 1.17 bits per heavy atom. The van der Waals surface area contributed by atoms with Gasteiger partial charge in [0.15, 0.2) is 0 Å². The Hall–Kier alpha value is -2.08. The van der Waals surface area contributed by atoms with Crippen LogP contribution in [0.5, 0.6) is 0 Å². The standard InChI is InChI=1S/C18H25N3O3/c1-18(7-8-24-2)12-21(13-18)17(23)19-9-16(22)20-10-14-5-3-4-6-15(14)11-20/h3-6H,7-13H2,1-2H3,(H,19,23). The summed E-state index contributed by atoms with van der Waals surface area (Å²) >= 11 is 0. The molecule has 0 unspecified atom stereocenters. The summed E-state index contributed by atoms with van der Waals surface area (Å²) in [6.07, 6.45) is 0.943. The Labute approximate surface area is 142 Å². The van der Waals surface area contributed by atoms with E-state index < -0.39 is 0 Å². The van der Waals surface area contributed by atoms with Gasteiger partial charge >= 0.3 is 6.03 Å². The molecule has 2 aliphatic rings. The first-order chi connectivity index (χ1) is 11.5. The van der Waals surface area contributed by atoms with Gasteiger partial charge in [-0.25, -0.2) is 4.79 Å². The van der Waals surface area contributed by atoms with Gasteiger partial charge in [0.05, 0.1) is 6.54 Å². The SMILES string of the molecule is COCCC1(C)CN(C(=O)NCC(=O)N2Cc3ccccc3C2)C1. The van der Waals surface area contributed by atoms with Crippen LogP contribution >= 0.6 is 0 Å². The number of benzene rings is 1. The van der Waals surface area contributed by atoms with Crippen molar-refractivity contribution in [2.45, 2.75) is 26.4 Å². The second kappa shape index (κ2) is 6.81. The summed E-state index contributed by atoms with van der Waals surface area (Å²) < 4.78 is 5.10. The molecule has 1 saturated heterocycles. The minimum atomic E-state index is -0.157. The van der Waals surface area contributed by atoms with E-state index in [2.05, 4.69) is 12.2 Å². The van der Waals surface area contributed by atoms with Crippen LogP contribution in [0.15, 0.2) is 24.3 Å². The first-order valence-corrected chi connectivity index (χ1v) is 8.37. The summed E-state index contributed by atoms with van der Waals surface area (Å²) in [7, 11) is 1.69. The van der Waals surface area contributed by atoms with Crippen LogP contribution in [0.1, 0.15) is 24.5 Å². The van der Waals surface area contributed by atoms with Crippen molar-refractivity contribution >= 4 is 11.9 Å². The van der Waals surface area contributed by atoms with Gasteiger partial charge in [0.1, 0.15) is 0 Å². The van der Waals surface area contributed by atoms with E-state index in [9.17, 15) is 9.59 Å². The van der Waals surface area contributed by atoms with E-state index >= 15 is 0 Å². The largest absolute Gasteiger partial charge is 0.385 e. The number of carbonyl (C=O) groups is 2. The van der Waals surface area contributed by atoms with Gasteiger partial charge in [0.2, 0.25) is 5.91 Å². The number of likely N-dealkylation sites (tertiary alicyclic amines) is 1. The van der Waals surface area contributed by atoms with Gasteiger partial charge in [-0.3, -0.25) is 4.79 Å². The zero-order valence-corrected chi connectivity index (χ0v) is 14.4. The summed E-state index contributed by atoms with van der Waals surface area (Å²) in [5.74, 6) is -0.0396. The van der Waals surface area contributed by atoms with E-state index in [1.54, 1.807) is 16.9 Å². The molecule has 130 valence electrons. The van der Waals surface area contributed by atoms with Crippen LogP contribution < -0.4 is 5.32 Å². The molecule has 0 saturated carbocycles. The van der Waals surface area contributed by atoms with Crippen LogP contribution in [0.3, 0.4) is 0 Å². The molecule has 0 aliphatic carbocycles. The summed E-state index contributed by atoms with van der Waals surface area (Å²) in [6, 6.07) is 7.90. The quantitative estimate of drug-likeness (QED) is 0.891. The minimum Gasteiger partial charge on any atom is -0.385 e. The highest BCUT2D eigenvalue weighted by molar-refractivity contribution is 5.84. The van der Waals surface area contributed by atoms with Crippen molar-refractivity contribution < 1.29 is 14.3 Å². The molecule has 3 amide bonds. The lowest BCUT2D eigenvalue weighted by molar-refractivity contribution is -0.130. The van der Waals surface area contributed by atoms with Crippen LogP contribution in [0.2, 0.25) is 0 Å². The van der Waals surface area contributed by atoms with Crippen molar-refractivity contribution in [1.29, 1.82) is 0 Å². The smallest absolute Gasteiger partial charge is 0.317 e. The van der Waals surface area contributed by atoms with E-state index in [1.807, 2.05) is 24.3 Å². The molecule has 3 rings (SSSR count). The molecule has 0 atom stereocenters. The summed E-state index contributed by atoms with van der Waals surface area (Å²) in [6.45, 7) is 5.60. The zero-order valence-electron chi connectivity index (χ0n) is 14.4. The monoisotopic (exact) mass is 331 g/mol. The van der Waals surface area contributed by atoms with Gasteiger partial charge in [0, 0.05) is 45.3 Å². The third kappa shape index (κ3) is 3.53. The Balaban J connectivity index is 1.41. The molecule has 2 heterocycles. The maximum atomic E-state index is 12.3. The van der Waals surface area contributed by atoms with Gasteiger partial charge in [-0.1, -0.05) is 31.2 Å². The molecule has 0 spiro atoms. The van der Waals surface area contributed by atoms with Crippen LogP contribution in [-0.4, -0.2) is 55.1 Å². The Morgan fingerprint density at radius 2 is 1.79 bits per heavy atom. The zero-order chi connectivity index (χ0) is 17.2. The highest BCUT2D eigenvalue weighted by Crippen LogP contribution is 2.33. The number of nitrogens with zero attached hydrogens (tertiary/aromatic N) is 2. The van der Waals surface area contributed by atoms with E-state index in [1.165, 1.54) is 11.1 Å². The maximum absolute atomic E-state index is 12.3. The van der Waals surface area contributed by atoms with Crippen LogP contribution in [0, 0.1) is 5.41 Å². The number of nitrogens with one attached hydrogen (secondary N) is 1. The second-order valence-corrected chi connectivity index (χ2v) is 7.09. The van der Waals surface area contributed by atoms with Gasteiger partial charge in [0.25, 0.3) is 0 Å². The number of rotatable bonds is 5. The number of fused-ring (bicyclic) bond motifs is 1. The first kappa shape index (κ1) is 16.8. The third-order valence-electron chi connectivity index (χ3n) is 4.93. The Morgan fingerprint density at radius 3 is 2.38 bits per heavy atom. The lowest BCUT2D eigenvalue weighted by Gasteiger charge is -2.47. The molecule has 0 aromatic heterocycles. The molecule has 0 radical (unpaired) electrons. The van der Waals surface area contributed by atoms with E-state index in [0.717, 1.165) is 6.42 Å². The molecule has 1 aromatic rings. The number of carbonyl (C=O) groups excluding carboxylic acids is 2. The molecular formula is C18H25N3O3. The molecule has 24 heavy (non-hydrogen) atoms. The van der Waals surface area contributed by atoms with Gasteiger partial charge in [-0.2, -0.15) is 0 Å². The molecule has 1 fully saturated rings. The van der Waals surface area contributed by atoms with Crippen molar-refractivity contribution in [2.75, 3.05) is 33.4 Å². The molecule has 1 N–H and O–H groups in total. The van der Waals surface area contributed by atoms with Gasteiger partial charge in [-0.15, -0.1) is 0 Å². The highest BCUT2D eigenvalue weighted by Gasteiger charge is 2.40. The van der Waals surface area contributed by atoms with Crippen molar-refractivity contribution in [3.8, 4) is 0 Å². The fraction of sp³-hybridized carbons (Fsp3) is 0.556. The maximum Gasteiger partial charge on any atom is 0.317 e. The Kier molecular flexibility index (Phi) is 4.76. The number of hydrogen-bond acceptors (Lipinski definition) is 3. The van der Waals surface area contributed by atoms with E-state index in [0.29, 0.717) is 32.8 Å². The topological polar surface area (TPSA) is 61.9 Å². The van der Waals surface area contributed by atoms with Crippen molar-refractivity contribution in [3.63, 3.8) is 0 Å². The molecule has 0 bridgehead atoms. The molecule has 2 aliphatic heterocycles. The minimum absolute atomic E-state index is 0.0396. The van der Waals surface area contributed by atoms with Crippen LogP contribution in [0.4, 0.5) is 4.79 Å². The van der Waals surface area contributed by atoms with Crippen LogP contribution in [-0.2, 0) is 22.6 Å². The van der Waals surface area contributed by atoms with Gasteiger partial charge in [-0.05, 0) is 17.5 Å². The van der Waals surface area contributed by atoms with Crippen molar-refractivity contribution in [3.05, 3.63) is 35.4 Å². The summed E-state index contributed by atoms with van der Waals surface area (Å²) in [5.41, 5.74) is 2.51. The number of ether oxygens (including phenoxy) is 1. The van der Waals surface area contributed by atoms with E-state index in [4.69, 9.17) is 4.74 Å². The predicted octanol–water partition coefficient (Wildman–Crippen LogP) is 1.60. The molecule has 6 heteroatoms. The predicted molar refractivity (Wildman–Crippen MR) is 90.3 cm³/mol. The summed E-state index contributed by atoms with van der Waals surface area (Å²) in [4.78, 5) is 28.0. The first-order valence-electron chi connectivity index (χ1n) is 8.37. The van der Waals surface area contributed by atoms with Crippen molar-refractivity contribution in [1.82, 2.24) is 15.1 Å². The lowest BCUT2D eigenvalue weighted by atomic mass is 9.79. The average molecular weight is 331 g/mol. The highest BCUT2D eigenvalue weighted by atomic mass is 16.5. The second-order valence-electron chi connectivity index (χ2n) is 7.09. The van der Waals surface area contributed by atoms with Crippen molar-refractivity contribution in [2.24, 2.45) is 5.41 Å².